The lowest BCUT2D eigenvalue weighted by Gasteiger charge is -2.59. The monoisotopic (exact) mass is 430 g/mol. The molecule has 0 radical (unpaired) electrons. The maximum Gasteiger partial charge on any atom is 0.193 e. The van der Waals surface area contributed by atoms with Gasteiger partial charge < -0.3 is 19.7 Å². The second-order valence-corrected chi connectivity index (χ2v) is 10.7. The summed E-state index contributed by atoms with van der Waals surface area (Å²) in [5.74, 6) is 0.0274. The molecule has 0 spiro atoms. The van der Waals surface area contributed by atoms with Gasteiger partial charge in [-0.05, 0) is 56.1 Å². The molecule has 9 atom stereocenters. The Bertz CT molecular complexity index is 862. The molecule has 31 heavy (non-hydrogen) atoms. The quantitative estimate of drug-likeness (QED) is 0.712. The fourth-order valence-corrected chi connectivity index (χ4v) is 8.12. The Morgan fingerprint density at radius 3 is 2.81 bits per heavy atom. The van der Waals surface area contributed by atoms with Crippen LogP contribution in [0.1, 0.15) is 59.3 Å². The van der Waals surface area contributed by atoms with Crippen LogP contribution >= 0.6 is 0 Å². The number of fused-ring (bicyclic) bond motifs is 7. The number of ketones is 2. The lowest BCUT2D eigenvalue weighted by molar-refractivity contribution is -0.200. The van der Waals surface area contributed by atoms with Crippen molar-refractivity contribution in [1.82, 2.24) is 0 Å². The number of aliphatic hydroxyl groups excluding tert-OH is 2. The predicted octanol–water partition coefficient (Wildman–Crippen LogP) is 2.72. The van der Waals surface area contributed by atoms with Crippen LogP contribution < -0.4 is 0 Å². The summed E-state index contributed by atoms with van der Waals surface area (Å²) in [7, 11) is 0. The molecule has 1 heterocycles. The summed E-state index contributed by atoms with van der Waals surface area (Å²) >= 11 is 0. The van der Waals surface area contributed by atoms with Crippen LogP contribution in [-0.2, 0) is 19.1 Å². The minimum atomic E-state index is -1.20. The average Bonchev–Trinajstić information content (AvgIpc) is 3.20. The highest BCUT2D eigenvalue weighted by molar-refractivity contribution is 6.01. The fraction of sp³-hybridized carbons (Fsp3) is 0.760. The maximum absolute atomic E-state index is 13.2. The number of aliphatic hydroxyl groups is 2. The minimum Gasteiger partial charge on any atom is -0.393 e. The lowest BCUT2D eigenvalue weighted by Crippen LogP contribution is -2.63. The van der Waals surface area contributed by atoms with Gasteiger partial charge in [0.2, 0.25) is 0 Å². The molecule has 170 valence electrons. The van der Waals surface area contributed by atoms with Gasteiger partial charge in [-0.1, -0.05) is 38.8 Å². The summed E-state index contributed by atoms with van der Waals surface area (Å²) in [5.41, 5.74) is -1.05. The first-order valence-electron chi connectivity index (χ1n) is 11.8. The molecule has 5 aliphatic rings. The molecule has 0 aromatic carbocycles. The van der Waals surface area contributed by atoms with E-state index in [2.05, 4.69) is 20.8 Å². The smallest absolute Gasteiger partial charge is 0.193 e. The van der Waals surface area contributed by atoms with E-state index in [0.717, 1.165) is 24.8 Å². The van der Waals surface area contributed by atoms with Crippen molar-refractivity contribution >= 4 is 11.6 Å². The van der Waals surface area contributed by atoms with Crippen molar-refractivity contribution in [2.24, 2.45) is 28.6 Å². The summed E-state index contributed by atoms with van der Waals surface area (Å²) in [6.07, 6.45) is 8.31. The Hall–Kier alpha value is -1.34. The third-order valence-corrected chi connectivity index (χ3v) is 9.37. The van der Waals surface area contributed by atoms with E-state index < -0.39 is 36.1 Å². The molecule has 4 unspecified atom stereocenters. The van der Waals surface area contributed by atoms with Gasteiger partial charge in [0.1, 0.15) is 6.61 Å². The number of carbonyl (C=O) groups is 2. The third-order valence-electron chi connectivity index (χ3n) is 9.37. The molecule has 0 aromatic heterocycles. The van der Waals surface area contributed by atoms with Crippen molar-refractivity contribution < 1.29 is 29.3 Å². The van der Waals surface area contributed by atoms with Crippen LogP contribution in [0.25, 0.3) is 0 Å². The Morgan fingerprint density at radius 1 is 1.32 bits per heavy atom. The average molecular weight is 431 g/mol. The van der Waals surface area contributed by atoms with Crippen molar-refractivity contribution in [3.8, 4) is 0 Å². The van der Waals surface area contributed by atoms with E-state index in [0.29, 0.717) is 19.3 Å². The Labute approximate surface area is 183 Å². The number of ether oxygens (including phenoxy) is 2. The van der Waals surface area contributed by atoms with Crippen LogP contribution in [0.4, 0.5) is 0 Å². The van der Waals surface area contributed by atoms with Gasteiger partial charge in [-0.15, -0.1) is 0 Å². The van der Waals surface area contributed by atoms with E-state index in [1.807, 2.05) is 6.08 Å². The molecule has 1 aliphatic heterocycles. The number of carbonyl (C=O) groups excluding carboxylic acids is 2. The van der Waals surface area contributed by atoms with E-state index in [4.69, 9.17) is 9.47 Å². The van der Waals surface area contributed by atoms with E-state index >= 15 is 0 Å². The molecule has 0 aromatic rings. The molecular weight excluding hydrogens is 396 g/mol. The Morgan fingerprint density at radius 2 is 2.10 bits per heavy atom. The molecule has 0 amide bonds. The van der Waals surface area contributed by atoms with Crippen molar-refractivity contribution in [1.29, 1.82) is 0 Å². The van der Waals surface area contributed by atoms with Crippen LogP contribution in [0.3, 0.4) is 0 Å². The topological polar surface area (TPSA) is 93.1 Å². The van der Waals surface area contributed by atoms with Crippen molar-refractivity contribution in [2.45, 2.75) is 83.4 Å². The zero-order valence-corrected chi connectivity index (χ0v) is 18.7. The highest BCUT2D eigenvalue weighted by atomic mass is 16.7. The Balaban J connectivity index is 1.55. The molecule has 2 N–H and O–H groups in total. The normalized spacial score (nSPS) is 50.4. The van der Waals surface area contributed by atoms with Crippen LogP contribution in [0.2, 0.25) is 0 Å². The standard InChI is InChI=1S/C25H34O6/c1-4-5-21-30-20-11-17-16-7-6-14-10-15(27)8-9-23(14,2)22(16)18(28)12-24(17,3)25(20,31-21)19(29)13-26/h8-10,16-18,20-22,26,28H,4-7,11-13H2,1-3H3/t16?,17?,18?,20-,21-,22?,23-,24-,25+/m0/s1. The summed E-state index contributed by atoms with van der Waals surface area (Å²) in [5, 5.41) is 21.4. The first-order chi connectivity index (χ1) is 14.7. The SMILES string of the molecule is CCC[C@H]1O[C@H]2CC3C4CCC5=CC(=O)C=C[C@]5(C)C4C(O)C[C@]3(C)[C@]2(C(=O)CO)O1. The second kappa shape index (κ2) is 7.08. The summed E-state index contributed by atoms with van der Waals surface area (Å²) in [4.78, 5) is 25.2. The number of allylic oxidation sites excluding steroid dienone is 4. The van der Waals surface area contributed by atoms with Gasteiger partial charge in [0, 0.05) is 16.7 Å². The molecule has 6 heteroatoms. The first-order valence-corrected chi connectivity index (χ1v) is 11.8. The molecule has 3 saturated carbocycles. The molecular formula is C25H34O6. The highest BCUT2D eigenvalue weighted by Crippen LogP contribution is 2.69. The van der Waals surface area contributed by atoms with E-state index in [1.165, 1.54) is 0 Å². The van der Waals surface area contributed by atoms with E-state index in [9.17, 15) is 19.8 Å². The summed E-state index contributed by atoms with van der Waals surface area (Å²) in [6, 6.07) is 0. The van der Waals surface area contributed by atoms with Gasteiger partial charge >= 0.3 is 0 Å². The number of rotatable bonds is 4. The van der Waals surface area contributed by atoms with Gasteiger partial charge in [0.25, 0.3) is 0 Å². The molecule has 5 rings (SSSR count). The predicted molar refractivity (Wildman–Crippen MR) is 113 cm³/mol. The summed E-state index contributed by atoms with van der Waals surface area (Å²) < 4.78 is 12.7. The largest absolute Gasteiger partial charge is 0.393 e. The van der Waals surface area contributed by atoms with Crippen LogP contribution in [0.5, 0.6) is 0 Å². The minimum absolute atomic E-state index is 0.0125. The second-order valence-electron chi connectivity index (χ2n) is 10.7. The van der Waals surface area contributed by atoms with Crippen molar-refractivity contribution in [3.05, 3.63) is 23.8 Å². The highest BCUT2D eigenvalue weighted by Gasteiger charge is 2.75. The molecule has 4 aliphatic carbocycles. The molecule has 4 fully saturated rings. The Kier molecular flexibility index (Phi) is 4.91. The van der Waals surface area contributed by atoms with E-state index in [1.54, 1.807) is 12.2 Å². The number of hydrogen-bond acceptors (Lipinski definition) is 6. The van der Waals surface area contributed by atoms with Crippen molar-refractivity contribution in [3.63, 3.8) is 0 Å². The first kappa shape index (κ1) is 21.5. The fourth-order valence-electron chi connectivity index (χ4n) is 8.12. The van der Waals surface area contributed by atoms with Gasteiger partial charge in [0.15, 0.2) is 23.5 Å². The maximum atomic E-state index is 13.2. The van der Waals surface area contributed by atoms with Crippen LogP contribution in [0, 0.1) is 28.6 Å². The molecule has 6 nitrogen and oxygen atoms in total. The van der Waals surface area contributed by atoms with Crippen molar-refractivity contribution in [2.75, 3.05) is 6.61 Å². The third kappa shape index (κ3) is 2.65. The zero-order valence-electron chi connectivity index (χ0n) is 18.7. The summed E-state index contributed by atoms with van der Waals surface area (Å²) in [6.45, 7) is 5.67. The van der Waals surface area contributed by atoms with E-state index in [-0.39, 0.29) is 34.7 Å². The number of Topliss-reactive ketones (excluding diaryl/α,β-unsaturated/α-hetero) is 1. The molecule has 1 saturated heterocycles. The van der Waals surface area contributed by atoms with Gasteiger partial charge in [0.05, 0.1) is 12.2 Å². The number of hydrogen-bond donors (Lipinski definition) is 2. The van der Waals surface area contributed by atoms with Crippen LogP contribution in [-0.4, -0.2) is 52.5 Å². The van der Waals surface area contributed by atoms with Gasteiger partial charge in [-0.25, -0.2) is 0 Å². The van der Waals surface area contributed by atoms with Gasteiger partial charge in [-0.2, -0.15) is 0 Å². The van der Waals surface area contributed by atoms with Gasteiger partial charge in [-0.3, -0.25) is 9.59 Å². The molecule has 0 bridgehead atoms. The zero-order chi connectivity index (χ0) is 22.2. The van der Waals surface area contributed by atoms with Crippen LogP contribution in [0.15, 0.2) is 23.8 Å². The lowest BCUT2D eigenvalue weighted by atomic mass is 9.46.